The van der Waals surface area contributed by atoms with E-state index in [1.54, 1.807) is 41.5 Å². The fourth-order valence-electron chi connectivity index (χ4n) is 6.13. The minimum Gasteiger partial charge on any atom is -0.481 e. The summed E-state index contributed by atoms with van der Waals surface area (Å²) in [6, 6.07) is -12.4. The lowest BCUT2D eigenvalue weighted by Gasteiger charge is -2.29. The van der Waals surface area contributed by atoms with Gasteiger partial charge in [0.05, 0.1) is 25.5 Å². The summed E-state index contributed by atoms with van der Waals surface area (Å²) in [5.41, 5.74) is 16.7. The first kappa shape index (κ1) is 59.0. The van der Waals surface area contributed by atoms with Crippen LogP contribution in [0.25, 0.3) is 0 Å². The summed E-state index contributed by atoms with van der Waals surface area (Å²) < 4.78 is 0. The van der Waals surface area contributed by atoms with Crippen molar-refractivity contribution >= 4 is 65.2 Å². The molecule has 0 aromatic heterocycles. The molecule has 17 N–H and O–H groups in total. The Hall–Kier alpha value is -5.95. The number of rotatable bonds is 33. The molecule has 0 spiro atoms. The topological polar surface area (TPSA) is 431 Å². The SMILES string of the molecule is CC[C@H](C)[C@H](NC(=O)[C@H](CC(C)C)NC(=O)[C@H](CCCCN)NC(=O)[C@@H](N)CCC(N)=O)C(=O)N[C@@H](CO)C(=O)N[C@@H](CC(=O)O)C(=O)N[C@@H](CC(=O)O)C(=O)N[C@@H](CC(C)C)C(=O)O. The Morgan fingerprint density at radius 1 is 0.523 bits per heavy atom. The van der Waals surface area contributed by atoms with E-state index in [0.717, 1.165) is 0 Å². The highest BCUT2D eigenvalue weighted by molar-refractivity contribution is 5.99. The number of carboxylic acids is 3. The lowest BCUT2D eigenvalue weighted by atomic mass is 9.96. The van der Waals surface area contributed by atoms with E-state index in [9.17, 15) is 73.2 Å². The van der Waals surface area contributed by atoms with Crippen molar-refractivity contribution in [2.75, 3.05) is 13.2 Å². The third kappa shape index (κ3) is 23.5. The maximum absolute atomic E-state index is 13.9. The van der Waals surface area contributed by atoms with Crippen LogP contribution in [0.2, 0.25) is 0 Å². The third-order valence-corrected chi connectivity index (χ3v) is 9.91. The molecule has 0 aliphatic heterocycles. The van der Waals surface area contributed by atoms with Gasteiger partial charge in [-0.1, -0.05) is 48.0 Å². The molecular formula is C40H70N10O15. The lowest BCUT2D eigenvalue weighted by molar-refractivity contribution is -0.145. The predicted octanol–water partition coefficient (Wildman–Crippen LogP) is -3.73. The van der Waals surface area contributed by atoms with E-state index in [-0.39, 0.29) is 50.4 Å². The summed E-state index contributed by atoms with van der Waals surface area (Å²) in [5.74, 6) is -13.7. The van der Waals surface area contributed by atoms with Crippen molar-refractivity contribution in [3.05, 3.63) is 0 Å². The predicted molar refractivity (Wildman–Crippen MR) is 230 cm³/mol. The second kappa shape index (κ2) is 30.2. The van der Waals surface area contributed by atoms with Crippen molar-refractivity contribution in [2.45, 2.75) is 154 Å². The van der Waals surface area contributed by atoms with E-state index in [4.69, 9.17) is 17.2 Å². The van der Waals surface area contributed by atoms with Crippen molar-refractivity contribution < 1.29 is 73.2 Å². The highest BCUT2D eigenvalue weighted by Crippen LogP contribution is 2.13. The zero-order valence-corrected chi connectivity index (χ0v) is 37.8. The minimum absolute atomic E-state index is 0.0514. The van der Waals surface area contributed by atoms with Crippen molar-refractivity contribution in [1.29, 1.82) is 0 Å². The monoisotopic (exact) mass is 931 g/mol. The van der Waals surface area contributed by atoms with Gasteiger partial charge in [0, 0.05) is 6.42 Å². The Balaban J connectivity index is 6.36. The van der Waals surface area contributed by atoms with Crippen LogP contribution < -0.4 is 54.4 Å². The summed E-state index contributed by atoms with van der Waals surface area (Å²) in [6.45, 7) is 9.28. The van der Waals surface area contributed by atoms with Crippen LogP contribution in [0.4, 0.5) is 0 Å². The van der Waals surface area contributed by atoms with E-state index in [1.807, 2.05) is 5.32 Å². The molecule has 0 heterocycles. The Morgan fingerprint density at radius 3 is 1.37 bits per heavy atom. The van der Waals surface area contributed by atoms with E-state index in [1.165, 1.54) is 0 Å². The van der Waals surface area contributed by atoms with Gasteiger partial charge in [-0.3, -0.25) is 47.9 Å². The number of carbonyl (C=O) groups excluding carboxylic acids is 8. The molecular weight excluding hydrogens is 860 g/mol. The van der Waals surface area contributed by atoms with Gasteiger partial charge in [0.2, 0.25) is 47.3 Å². The number of hydrogen-bond acceptors (Lipinski definition) is 14. The molecule has 0 rings (SSSR count). The highest BCUT2D eigenvalue weighted by atomic mass is 16.4. The molecule has 0 saturated heterocycles. The maximum Gasteiger partial charge on any atom is 0.326 e. The molecule has 0 aliphatic rings. The van der Waals surface area contributed by atoms with Crippen molar-refractivity contribution in [1.82, 2.24) is 37.2 Å². The number of primary amides is 1. The van der Waals surface area contributed by atoms with Crippen molar-refractivity contribution in [3.8, 4) is 0 Å². The average Bonchev–Trinajstić information content (AvgIpc) is 3.20. The number of nitrogens with one attached hydrogen (secondary N) is 7. The molecule has 0 unspecified atom stereocenters. The standard InChI is InChI=1S/C40H70N10O15/c1-7-21(6)32(50-37(61)24(14-19(2)3)45-34(58)23(10-8-9-13-41)44-33(57)22(42)11-12-29(43)52)39(63)49-28(18-51)38(62)47-25(16-30(53)54)35(59)46-26(17-31(55)56)36(60)48-27(40(64)65)15-20(4)5/h19-28,32,51H,7-18,41-42H2,1-6H3,(H2,43,52)(H,44,57)(H,45,58)(H,46,59)(H,47,62)(H,48,60)(H,49,63)(H,50,61)(H,53,54)(H,55,56)(H,64,65)/t21-,22-,23-,24-,25-,26-,27-,28-,32-/m0/s1. The maximum atomic E-state index is 13.9. The molecule has 0 bridgehead atoms. The van der Waals surface area contributed by atoms with Gasteiger partial charge in [0.15, 0.2) is 0 Å². The fourth-order valence-corrected chi connectivity index (χ4v) is 6.13. The lowest BCUT2D eigenvalue weighted by Crippen LogP contribution is -2.62. The summed E-state index contributed by atoms with van der Waals surface area (Å²) in [5, 5.41) is 54.8. The van der Waals surface area contributed by atoms with Gasteiger partial charge >= 0.3 is 17.9 Å². The Labute approximate surface area is 377 Å². The van der Waals surface area contributed by atoms with Gasteiger partial charge in [0.25, 0.3) is 0 Å². The summed E-state index contributed by atoms with van der Waals surface area (Å²) in [6.07, 6.45) is -1.20. The molecule has 0 aromatic rings. The second-order valence-electron chi connectivity index (χ2n) is 16.6. The smallest absolute Gasteiger partial charge is 0.326 e. The Kier molecular flexibility index (Phi) is 27.5. The van der Waals surface area contributed by atoms with Gasteiger partial charge in [-0.2, -0.15) is 0 Å². The van der Waals surface area contributed by atoms with Gasteiger partial charge in [-0.05, 0) is 62.8 Å². The summed E-state index contributed by atoms with van der Waals surface area (Å²) >= 11 is 0. The van der Waals surface area contributed by atoms with Gasteiger partial charge < -0.3 is 74.8 Å². The molecule has 0 radical (unpaired) electrons. The third-order valence-electron chi connectivity index (χ3n) is 9.91. The van der Waals surface area contributed by atoms with E-state index in [0.29, 0.717) is 19.4 Å². The Morgan fingerprint density at radius 2 is 0.938 bits per heavy atom. The van der Waals surface area contributed by atoms with E-state index < -0.39 is 139 Å². The van der Waals surface area contributed by atoms with Gasteiger partial charge in [-0.15, -0.1) is 0 Å². The minimum atomic E-state index is -2.03. The van der Waals surface area contributed by atoms with Crippen LogP contribution in [-0.4, -0.2) is 147 Å². The molecule has 0 saturated carbocycles. The van der Waals surface area contributed by atoms with E-state index >= 15 is 0 Å². The number of carbonyl (C=O) groups is 11. The first-order valence-corrected chi connectivity index (χ1v) is 21.4. The van der Waals surface area contributed by atoms with Gasteiger partial charge in [-0.25, -0.2) is 4.79 Å². The molecule has 9 atom stereocenters. The van der Waals surface area contributed by atoms with Crippen molar-refractivity contribution in [2.24, 2.45) is 35.0 Å². The molecule has 0 aliphatic carbocycles. The molecule has 8 amide bonds. The fraction of sp³-hybridized carbons (Fsp3) is 0.725. The number of carboxylic acid groups (broad SMARTS) is 3. The van der Waals surface area contributed by atoms with Crippen LogP contribution >= 0.6 is 0 Å². The molecule has 370 valence electrons. The number of hydrogen-bond donors (Lipinski definition) is 14. The quantitative estimate of drug-likeness (QED) is 0.0281. The zero-order chi connectivity index (χ0) is 50.1. The number of nitrogens with two attached hydrogens (primary N) is 3. The molecule has 25 heteroatoms. The number of unbranched alkanes of at least 4 members (excludes halogenated alkanes) is 1. The van der Waals surface area contributed by atoms with Crippen LogP contribution in [0.1, 0.15) is 106 Å². The zero-order valence-electron chi connectivity index (χ0n) is 37.8. The first-order valence-electron chi connectivity index (χ1n) is 21.4. The van der Waals surface area contributed by atoms with Crippen molar-refractivity contribution in [3.63, 3.8) is 0 Å². The molecule has 0 fully saturated rings. The normalized spacial score (nSPS) is 15.3. The second-order valence-corrected chi connectivity index (χ2v) is 16.6. The van der Waals surface area contributed by atoms with Crippen LogP contribution in [0.15, 0.2) is 0 Å². The van der Waals surface area contributed by atoms with Crippen LogP contribution in [0.5, 0.6) is 0 Å². The molecule has 65 heavy (non-hydrogen) atoms. The number of amides is 8. The number of aliphatic hydroxyl groups is 1. The number of aliphatic hydroxyl groups excluding tert-OH is 1. The van der Waals surface area contributed by atoms with Crippen LogP contribution in [0.3, 0.4) is 0 Å². The van der Waals surface area contributed by atoms with Crippen LogP contribution in [-0.2, 0) is 52.7 Å². The summed E-state index contributed by atoms with van der Waals surface area (Å²) in [4.78, 5) is 140. The van der Waals surface area contributed by atoms with Gasteiger partial charge in [0.1, 0.15) is 42.3 Å². The average molecular weight is 931 g/mol. The van der Waals surface area contributed by atoms with Crippen LogP contribution in [0, 0.1) is 17.8 Å². The summed E-state index contributed by atoms with van der Waals surface area (Å²) in [7, 11) is 0. The molecule has 25 nitrogen and oxygen atoms in total. The molecule has 0 aromatic carbocycles. The first-order chi connectivity index (χ1) is 30.3. The van der Waals surface area contributed by atoms with E-state index in [2.05, 4.69) is 31.9 Å². The largest absolute Gasteiger partial charge is 0.481 e. The number of aliphatic carboxylic acids is 3. The Bertz CT molecular complexity index is 1660. The highest BCUT2D eigenvalue weighted by Gasteiger charge is 2.36.